The maximum Gasteiger partial charge on any atom is 1.00 e. The fourth-order valence-corrected chi connectivity index (χ4v) is 0. The van der Waals surface area contributed by atoms with Crippen molar-refractivity contribution >= 4 is 5.78 Å². The maximum atomic E-state index is 9.81. The van der Waals surface area contributed by atoms with Gasteiger partial charge >= 0.3 is 58.2 Å². The molecule has 0 aliphatic rings. The fraction of sp³-hybridized carbons (Fsp3) is 0.750. The predicted molar refractivity (Wildman–Crippen MR) is 22.1 cm³/mol. The molecule has 0 heterocycles. The molecule has 0 spiro atoms. The molecule has 0 aromatic heterocycles. The summed E-state index contributed by atoms with van der Waals surface area (Å²) in [6, 6.07) is 0. The van der Waals surface area contributed by atoms with Crippen LogP contribution >= 0.6 is 0 Å². The molecular formula is C4H9ORb. The summed E-state index contributed by atoms with van der Waals surface area (Å²) >= 11 is 0. The van der Waals surface area contributed by atoms with Crippen LogP contribution in [0.3, 0.4) is 0 Å². The number of hydrogen-bond acceptors (Lipinski definition) is 1. The third-order valence-corrected chi connectivity index (χ3v) is 0.498. The largest absolute Gasteiger partial charge is 1.00 e. The van der Waals surface area contributed by atoms with Crippen molar-refractivity contribution in [1.82, 2.24) is 0 Å². The second-order valence-corrected chi connectivity index (χ2v) is 1.06. The van der Waals surface area contributed by atoms with Gasteiger partial charge in [-0.3, -0.25) is 0 Å². The molecule has 0 aliphatic carbocycles. The summed E-state index contributed by atoms with van der Waals surface area (Å²) in [5, 5.41) is 0. The Morgan fingerprint density at radius 3 is 2.00 bits per heavy atom. The number of hydrogen-bond donors (Lipinski definition) is 0. The summed E-state index contributed by atoms with van der Waals surface area (Å²) in [6.07, 6.45) is 0.667. The van der Waals surface area contributed by atoms with E-state index in [1.54, 1.807) is 6.92 Å². The van der Waals surface area contributed by atoms with Crippen LogP contribution in [0.5, 0.6) is 0 Å². The molecule has 0 aromatic carbocycles. The number of Topliss-reactive ketones (excluding diaryl/α,β-unsaturated/α-hetero) is 1. The second-order valence-electron chi connectivity index (χ2n) is 1.06. The zero-order chi connectivity index (χ0) is 4.28. The minimum absolute atomic E-state index is 0. The molecule has 0 atom stereocenters. The fourth-order valence-electron chi connectivity index (χ4n) is 0. The third kappa shape index (κ3) is 9.08. The SMILES string of the molecule is CCC(C)=O.[H-].[Rb+]. The van der Waals surface area contributed by atoms with Gasteiger partial charge in [-0.2, -0.15) is 0 Å². The zero-order valence-electron chi connectivity index (χ0n) is 5.62. The molecular weight excluding hydrogens is 150 g/mol. The van der Waals surface area contributed by atoms with E-state index in [9.17, 15) is 4.79 Å². The van der Waals surface area contributed by atoms with Gasteiger partial charge in [0.25, 0.3) is 0 Å². The van der Waals surface area contributed by atoms with Crippen molar-refractivity contribution < 1.29 is 64.4 Å². The first kappa shape index (κ1) is 10.5. The molecule has 0 saturated heterocycles. The molecule has 0 rings (SSSR count). The molecule has 0 aliphatic heterocycles. The van der Waals surface area contributed by atoms with Crippen molar-refractivity contribution in [3.63, 3.8) is 0 Å². The second kappa shape index (κ2) is 6.48. The Morgan fingerprint density at radius 1 is 1.83 bits per heavy atom. The quantitative estimate of drug-likeness (QED) is 0.436. The van der Waals surface area contributed by atoms with E-state index < -0.39 is 0 Å². The van der Waals surface area contributed by atoms with Gasteiger partial charge in [-0.05, 0) is 6.92 Å². The van der Waals surface area contributed by atoms with Gasteiger partial charge in [0, 0.05) is 6.42 Å². The monoisotopic (exact) mass is 158 g/mol. The van der Waals surface area contributed by atoms with E-state index in [1.165, 1.54) is 0 Å². The molecule has 0 unspecified atom stereocenters. The molecule has 32 valence electrons. The Bertz CT molecular complexity index is 47.0. The molecule has 6 heavy (non-hydrogen) atoms. The van der Waals surface area contributed by atoms with E-state index in [4.69, 9.17) is 0 Å². The standard InChI is InChI=1S/C4H8O.Rb.H/c1-3-4(2)5;;/h3H2,1-2H3;;/q;+1;-1. The van der Waals surface area contributed by atoms with Gasteiger partial charge in [-0.15, -0.1) is 0 Å². The first-order chi connectivity index (χ1) is 2.27. The van der Waals surface area contributed by atoms with Gasteiger partial charge in [0.05, 0.1) is 0 Å². The third-order valence-electron chi connectivity index (χ3n) is 0.498. The van der Waals surface area contributed by atoms with Crippen LogP contribution in [0.2, 0.25) is 0 Å². The van der Waals surface area contributed by atoms with Crippen LogP contribution in [-0.2, 0) is 4.79 Å². The van der Waals surface area contributed by atoms with Crippen molar-refractivity contribution in [2.75, 3.05) is 0 Å². The molecule has 0 radical (unpaired) electrons. The van der Waals surface area contributed by atoms with Gasteiger partial charge in [0.1, 0.15) is 5.78 Å². The van der Waals surface area contributed by atoms with Crippen LogP contribution in [0.25, 0.3) is 0 Å². The molecule has 0 aromatic rings. The minimum atomic E-state index is 0. The smallest absolute Gasteiger partial charge is 1.00 e. The number of rotatable bonds is 1. The summed E-state index contributed by atoms with van der Waals surface area (Å²) < 4.78 is 0. The molecule has 0 saturated carbocycles. The Balaban J connectivity index is -0.0000000800. The maximum absolute atomic E-state index is 9.81. The number of carbonyl (C=O) groups excluding carboxylic acids is 1. The van der Waals surface area contributed by atoms with Crippen molar-refractivity contribution in [1.29, 1.82) is 0 Å². The Kier molecular flexibility index (Phi) is 11.3. The van der Waals surface area contributed by atoms with E-state index in [-0.39, 0.29) is 65.4 Å². The summed E-state index contributed by atoms with van der Waals surface area (Å²) in [7, 11) is 0. The average molecular weight is 159 g/mol. The summed E-state index contributed by atoms with van der Waals surface area (Å²) in [5.41, 5.74) is 0. The van der Waals surface area contributed by atoms with Crippen LogP contribution in [0.15, 0.2) is 0 Å². The average Bonchev–Trinajstić information content (AvgIpc) is 1.38. The van der Waals surface area contributed by atoms with Crippen molar-refractivity contribution in [2.45, 2.75) is 20.3 Å². The van der Waals surface area contributed by atoms with Crippen LogP contribution < -0.4 is 58.2 Å². The molecule has 1 nitrogen and oxygen atoms in total. The molecule has 0 bridgehead atoms. The summed E-state index contributed by atoms with van der Waals surface area (Å²) in [6.45, 7) is 3.43. The predicted octanol–water partition coefficient (Wildman–Crippen LogP) is -1.90. The molecule has 2 heteroatoms. The van der Waals surface area contributed by atoms with E-state index in [0.717, 1.165) is 0 Å². The molecule has 0 amide bonds. The van der Waals surface area contributed by atoms with E-state index in [1.807, 2.05) is 6.92 Å². The summed E-state index contributed by atoms with van der Waals surface area (Å²) in [4.78, 5) is 9.81. The van der Waals surface area contributed by atoms with E-state index in [2.05, 4.69) is 0 Å². The van der Waals surface area contributed by atoms with Crippen LogP contribution in [-0.4, -0.2) is 5.78 Å². The number of carbonyl (C=O) groups is 1. The van der Waals surface area contributed by atoms with Crippen molar-refractivity contribution in [3.05, 3.63) is 0 Å². The summed E-state index contributed by atoms with van der Waals surface area (Å²) in [5.74, 6) is 0.255. The van der Waals surface area contributed by atoms with Gasteiger partial charge < -0.3 is 6.22 Å². The normalized spacial score (nSPS) is 6.33. The Labute approximate surface area is 88.8 Å². The van der Waals surface area contributed by atoms with Gasteiger partial charge in [-0.25, -0.2) is 0 Å². The molecule has 0 N–H and O–H groups in total. The van der Waals surface area contributed by atoms with Gasteiger partial charge in [0.15, 0.2) is 0 Å². The van der Waals surface area contributed by atoms with E-state index >= 15 is 0 Å². The zero-order valence-corrected chi connectivity index (χ0v) is 9.53. The van der Waals surface area contributed by atoms with Crippen LogP contribution in [0.4, 0.5) is 0 Å². The Morgan fingerprint density at radius 2 is 2.00 bits per heavy atom. The van der Waals surface area contributed by atoms with Crippen molar-refractivity contribution in [3.8, 4) is 0 Å². The van der Waals surface area contributed by atoms with Crippen molar-refractivity contribution in [2.24, 2.45) is 0 Å². The topological polar surface area (TPSA) is 17.1 Å². The number of ketones is 1. The van der Waals surface area contributed by atoms with Crippen LogP contribution in [0.1, 0.15) is 21.7 Å². The first-order valence-electron chi connectivity index (χ1n) is 1.76. The van der Waals surface area contributed by atoms with E-state index in [0.29, 0.717) is 6.42 Å². The van der Waals surface area contributed by atoms with Gasteiger partial charge in [0.2, 0.25) is 0 Å². The Hall–Kier alpha value is 1.48. The first-order valence-corrected chi connectivity index (χ1v) is 1.76. The minimum Gasteiger partial charge on any atom is -1.00 e. The van der Waals surface area contributed by atoms with Crippen LogP contribution in [0, 0.1) is 0 Å². The van der Waals surface area contributed by atoms with Gasteiger partial charge in [-0.1, -0.05) is 6.92 Å². The molecule has 0 fully saturated rings.